The Morgan fingerprint density at radius 1 is 1.20 bits per heavy atom. The molecule has 3 nitrogen and oxygen atoms in total. The molecule has 3 heteroatoms. The Labute approximate surface area is 118 Å². The highest BCUT2D eigenvalue weighted by Gasteiger charge is 2.61. The highest BCUT2D eigenvalue weighted by atomic mass is 16.1. The third-order valence-corrected chi connectivity index (χ3v) is 4.67. The molecule has 0 radical (unpaired) electrons. The van der Waals surface area contributed by atoms with E-state index in [-0.39, 0.29) is 23.5 Å². The molecule has 2 aliphatic carbocycles. The lowest BCUT2D eigenvalue weighted by Gasteiger charge is -2.30. The van der Waals surface area contributed by atoms with Crippen LogP contribution < -0.4 is 0 Å². The molecule has 2 aliphatic rings. The fourth-order valence-electron chi connectivity index (χ4n) is 3.62. The van der Waals surface area contributed by atoms with Crippen LogP contribution in [0.5, 0.6) is 0 Å². The van der Waals surface area contributed by atoms with Crippen molar-refractivity contribution in [1.29, 1.82) is 10.5 Å². The van der Waals surface area contributed by atoms with E-state index in [0.717, 1.165) is 5.56 Å². The van der Waals surface area contributed by atoms with E-state index < -0.39 is 5.41 Å². The number of Topliss-reactive ketones (excluding diaryl/α,β-unsaturated/α-hetero) is 1. The Morgan fingerprint density at radius 3 is 2.55 bits per heavy atom. The van der Waals surface area contributed by atoms with Gasteiger partial charge in [-0.15, -0.1) is 0 Å². The molecule has 2 saturated carbocycles. The number of ketones is 1. The Hall–Kier alpha value is -2.39. The third kappa shape index (κ3) is 1.67. The van der Waals surface area contributed by atoms with E-state index in [4.69, 9.17) is 0 Å². The van der Waals surface area contributed by atoms with Crippen LogP contribution in [-0.4, -0.2) is 5.78 Å². The van der Waals surface area contributed by atoms with Gasteiger partial charge in [-0.25, -0.2) is 0 Å². The van der Waals surface area contributed by atoms with Crippen LogP contribution in [0.4, 0.5) is 0 Å². The number of carbonyl (C=O) groups excluding carboxylic acids is 1. The zero-order valence-corrected chi connectivity index (χ0v) is 11.0. The number of fused-ring (bicyclic) bond motifs is 2. The fourth-order valence-corrected chi connectivity index (χ4v) is 3.62. The van der Waals surface area contributed by atoms with Crippen molar-refractivity contribution >= 4 is 11.9 Å². The van der Waals surface area contributed by atoms with Crippen LogP contribution in [0, 0.1) is 45.8 Å². The SMILES string of the molecule is N#CC1(C#N)C2CC(=O)C(C2)C1/C=C/c1ccccc1. The summed E-state index contributed by atoms with van der Waals surface area (Å²) >= 11 is 0. The Balaban J connectivity index is 1.95. The molecule has 0 saturated heterocycles. The average Bonchev–Trinajstić information content (AvgIpc) is 3.01. The van der Waals surface area contributed by atoms with E-state index in [9.17, 15) is 15.3 Å². The van der Waals surface area contributed by atoms with Crippen molar-refractivity contribution in [2.24, 2.45) is 23.2 Å². The van der Waals surface area contributed by atoms with Gasteiger partial charge in [0.25, 0.3) is 0 Å². The number of hydrogen-bond donors (Lipinski definition) is 0. The van der Waals surface area contributed by atoms with Crippen LogP contribution in [0.1, 0.15) is 18.4 Å². The lowest BCUT2D eigenvalue weighted by atomic mass is 9.67. The van der Waals surface area contributed by atoms with Gasteiger partial charge in [0, 0.05) is 18.3 Å². The lowest BCUT2D eigenvalue weighted by molar-refractivity contribution is -0.123. The summed E-state index contributed by atoms with van der Waals surface area (Å²) in [7, 11) is 0. The number of rotatable bonds is 2. The summed E-state index contributed by atoms with van der Waals surface area (Å²) in [6.45, 7) is 0. The Kier molecular flexibility index (Phi) is 2.92. The number of nitrogens with zero attached hydrogens (tertiary/aromatic N) is 2. The molecule has 0 N–H and O–H groups in total. The molecular formula is C17H14N2O. The summed E-state index contributed by atoms with van der Waals surface area (Å²) in [4.78, 5) is 11.9. The number of nitriles is 2. The largest absolute Gasteiger partial charge is 0.299 e. The highest BCUT2D eigenvalue weighted by Crippen LogP contribution is 2.58. The summed E-state index contributed by atoms with van der Waals surface area (Å²) in [6, 6.07) is 14.1. The van der Waals surface area contributed by atoms with Gasteiger partial charge in [-0.3, -0.25) is 4.79 Å². The molecule has 3 atom stereocenters. The molecule has 0 aromatic heterocycles. The summed E-state index contributed by atoms with van der Waals surface area (Å²) < 4.78 is 0. The average molecular weight is 262 g/mol. The molecule has 3 rings (SSSR count). The van der Waals surface area contributed by atoms with Crippen molar-refractivity contribution in [2.45, 2.75) is 12.8 Å². The van der Waals surface area contributed by atoms with Gasteiger partial charge in [0.1, 0.15) is 5.78 Å². The van der Waals surface area contributed by atoms with Gasteiger partial charge in [0.15, 0.2) is 5.41 Å². The minimum Gasteiger partial charge on any atom is -0.299 e. The van der Waals surface area contributed by atoms with E-state index in [1.807, 2.05) is 42.5 Å². The monoisotopic (exact) mass is 262 g/mol. The summed E-state index contributed by atoms with van der Waals surface area (Å²) in [6.07, 6.45) is 4.89. The topological polar surface area (TPSA) is 64.7 Å². The maximum atomic E-state index is 11.9. The molecule has 20 heavy (non-hydrogen) atoms. The predicted octanol–water partition coefficient (Wildman–Crippen LogP) is 2.96. The predicted molar refractivity (Wildman–Crippen MR) is 73.8 cm³/mol. The quantitative estimate of drug-likeness (QED) is 0.823. The smallest absolute Gasteiger partial charge is 0.153 e. The van der Waals surface area contributed by atoms with Crippen molar-refractivity contribution in [2.75, 3.05) is 0 Å². The van der Waals surface area contributed by atoms with Crippen LogP contribution in [0.25, 0.3) is 6.08 Å². The van der Waals surface area contributed by atoms with Crippen LogP contribution in [0.15, 0.2) is 36.4 Å². The van der Waals surface area contributed by atoms with Gasteiger partial charge in [-0.1, -0.05) is 42.5 Å². The van der Waals surface area contributed by atoms with Crippen molar-refractivity contribution in [3.63, 3.8) is 0 Å². The molecule has 3 unspecified atom stereocenters. The van der Waals surface area contributed by atoms with Crippen molar-refractivity contribution in [3.8, 4) is 12.1 Å². The summed E-state index contributed by atoms with van der Waals surface area (Å²) in [5.74, 6) is -0.317. The zero-order chi connectivity index (χ0) is 14.2. The molecule has 0 aliphatic heterocycles. The van der Waals surface area contributed by atoms with Gasteiger partial charge in [0.2, 0.25) is 0 Å². The standard InChI is InChI=1S/C17H14N2O/c18-10-17(11-19)13-8-14(16(20)9-13)15(17)7-6-12-4-2-1-3-5-12/h1-7,13-15H,8-9H2/b7-6+. The van der Waals surface area contributed by atoms with Crippen molar-refractivity contribution in [1.82, 2.24) is 0 Å². The van der Waals surface area contributed by atoms with Gasteiger partial charge in [-0.2, -0.15) is 10.5 Å². The molecule has 2 fully saturated rings. The number of benzene rings is 1. The zero-order valence-electron chi connectivity index (χ0n) is 11.0. The molecule has 0 spiro atoms. The fraction of sp³-hybridized carbons (Fsp3) is 0.353. The van der Waals surface area contributed by atoms with Gasteiger partial charge in [0.05, 0.1) is 12.1 Å². The molecule has 1 aromatic rings. The molecule has 1 aromatic carbocycles. The number of allylic oxidation sites excluding steroid dienone is 1. The third-order valence-electron chi connectivity index (χ3n) is 4.67. The van der Waals surface area contributed by atoms with Crippen molar-refractivity contribution in [3.05, 3.63) is 42.0 Å². The molecule has 2 bridgehead atoms. The minimum absolute atomic E-state index is 0.0968. The Bertz CT molecular complexity index is 634. The van der Waals surface area contributed by atoms with Crippen LogP contribution in [-0.2, 0) is 4.79 Å². The first-order valence-corrected chi connectivity index (χ1v) is 6.80. The first kappa shape index (κ1) is 12.6. The second-order valence-electron chi connectivity index (χ2n) is 5.60. The van der Waals surface area contributed by atoms with E-state index in [0.29, 0.717) is 12.8 Å². The molecule has 0 heterocycles. The lowest BCUT2D eigenvalue weighted by Crippen LogP contribution is -2.36. The van der Waals surface area contributed by atoms with Crippen LogP contribution in [0.3, 0.4) is 0 Å². The Morgan fingerprint density at radius 2 is 1.90 bits per heavy atom. The minimum atomic E-state index is -1.02. The normalized spacial score (nSPS) is 30.3. The van der Waals surface area contributed by atoms with E-state index >= 15 is 0 Å². The van der Waals surface area contributed by atoms with Crippen LogP contribution in [0.2, 0.25) is 0 Å². The first-order valence-electron chi connectivity index (χ1n) is 6.80. The molecule has 98 valence electrons. The highest BCUT2D eigenvalue weighted by molar-refractivity contribution is 5.86. The van der Waals surface area contributed by atoms with Gasteiger partial charge >= 0.3 is 0 Å². The van der Waals surface area contributed by atoms with E-state index in [2.05, 4.69) is 12.1 Å². The van der Waals surface area contributed by atoms with E-state index in [1.165, 1.54) is 0 Å². The van der Waals surface area contributed by atoms with Gasteiger partial charge in [-0.05, 0) is 17.9 Å². The van der Waals surface area contributed by atoms with Gasteiger partial charge < -0.3 is 0 Å². The molecule has 0 amide bonds. The number of hydrogen-bond acceptors (Lipinski definition) is 3. The second kappa shape index (κ2) is 4.62. The summed E-state index contributed by atoms with van der Waals surface area (Å²) in [5, 5.41) is 18.9. The maximum absolute atomic E-state index is 11.9. The first-order chi connectivity index (χ1) is 9.71. The molecular weight excluding hydrogens is 248 g/mol. The van der Waals surface area contributed by atoms with E-state index in [1.54, 1.807) is 0 Å². The summed E-state index contributed by atoms with van der Waals surface area (Å²) in [5.41, 5.74) is -0.00312. The maximum Gasteiger partial charge on any atom is 0.153 e. The number of carbonyl (C=O) groups is 1. The second-order valence-corrected chi connectivity index (χ2v) is 5.60. The van der Waals surface area contributed by atoms with Crippen LogP contribution >= 0.6 is 0 Å². The van der Waals surface area contributed by atoms with Crippen molar-refractivity contribution < 1.29 is 4.79 Å².